The number of hydrogen-bond donors (Lipinski definition) is 1. The SMILES string of the molecule is Cn1ccnc1C(NC(=O)CSc1ccc(C(C)(C)C)cc1)c1ccccc1F. The summed E-state index contributed by atoms with van der Waals surface area (Å²) in [5.41, 5.74) is 1.74. The van der Waals surface area contributed by atoms with Gasteiger partial charge >= 0.3 is 0 Å². The fourth-order valence-electron chi connectivity index (χ4n) is 3.05. The van der Waals surface area contributed by atoms with Crippen LogP contribution in [0.15, 0.2) is 65.8 Å². The standard InChI is InChI=1S/C23H26FN3OS/c1-23(2,3)16-9-11-17(12-10-16)29-15-20(28)26-21(22-25-13-14-27(22)4)18-7-5-6-8-19(18)24/h5-14,21H,15H2,1-4H3,(H,26,28). The summed E-state index contributed by atoms with van der Waals surface area (Å²) in [7, 11) is 1.83. The number of imidazole rings is 1. The molecule has 29 heavy (non-hydrogen) atoms. The maximum atomic E-state index is 14.4. The lowest BCUT2D eigenvalue weighted by Gasteiger charge is -2.20. The molecule has 0 saturated carbocycles. The fraction of sp³-hybridized carbons (Fsp3) is 0.304. The first-order chi connectivity index (χ1) is 13.8. The van der Waals surface area contributed by atoms with Gasteiger partial charge in [0.05, 0.1) is 5.75 Å². The lowest BCUT2D eigenvalue weighted by molar-refractivity contribution is -0.119. The van der Waals surface area contributed by atoms with Crippen LogP contribution in [0.1, 0.15) is 43.8 Å². The Bertz CT molecular complexity index is 976. The predicted molar refractivity (Wildman–Crippen MR) is 115 cm³/mol. The van der Waals surface area contributed by atoms with Crippen molar-refractivity contribution in [2.75, 3.05) is 5.75 Å². The van der Waals surface area contributed by atoms with Gasteiger partial charge in [0.25, 0.3) is 0 Å². The van der Waals surface area contributed by atoms with E-state index in [0.29, 0.717) is 11.4 Å². The van der Waals surface area contributed by atoms with Gasteiger partial charge in [0, 0.05) is 29.9 Å². The largest absolute Gasteiger partial charge is 0.341 e. The summed E-state index contributed by atoms with van der Waals surface area (Å²) in [6.07, 6.45) is 3.42. The van der Waals surface area contributed by atoms with Crippen molar-refractivity contribution in [2.24, 2.45) is 7.05 Å². The summed E-state index contributed by atoms with van der Waals surface area (Å²) in [6.45, 7) is 6.51. The van der Waals surface area contributed by atoms with Crippen LogP contribution < -0.4 is 5.32 Å². The molecule has 0 aliphatic heterocycles. The molecule has 6 heteroatoms. The minimum atomic E-state index is -0.646. The molecule has 0 aliphatic rings. The van der Waals surface area contributed by atoms with E-state index >= 15 is 0 Å². The first-order valence-corrected chi connectivity index (χ1v) is 10.5. The van der Waals surface area contributed by atoms with Crippen molar-refractivity contribution >= 4 is 17.7 Å². The summed E-state index contributed by atoms with van der Waals surface area (Å²) >= 11 is 1.46. The molecule has 1 N–H and O–H groups in total. The highest BCUT2D eigenvalue weighted by atomic mass is 32.2. The number of rotatable bonds is 6. The summed E-state index contributed by atoms with van der Waals surface area (Å²) in [5, 5.41) is 2.94. The van der Waals surface area contributed by atoms with Gasteiger partial charge in [-0.1, -0.05) is 51.1 Å². The van der Waals surface area contributed by atoms with Gasteiger partial charge in [0.15, 0.2) is 0 Å². The monoisotopic (exact) mass is 411 g/mol. The van der Waals surface area contributed by atoms with E-state index in [4.69, 9.17) is 0 Å². The topological polar surface area (TPSA) is 46.9 Å². The van der Waals surface area contributed by atoms with Gasteiger partial charge in [-0.05, 0) is 29.2 Å². The minimum Gasteiger partial charge on any atom is -0.341 e. The number of nitrogens with one attached hydrogen (secondary N) is 1. The number of amides is 1. The fourth-order valence-corrected chi connectivity index (χ4v) is 3.76. The lowest BCUT2D eigenvalue weighted by atomic mass is 9.87. The molecule has 0 bridgehead atoms. The van der Waals surface area contributed by atoms with Gasteiger partial charge in [-0.3, -0.25) is 4.79 Å². The van der Waals surface area contributed by atoms with Crippen LogP contribution in [0, 0.1) is 5.82 Å². The van der Waals surface area contributed by atoms with Crippen LogP contribution >= 0.6 is 11.8 Å². The number of carbonyl (C=O) groups is 1. The predicted octanol–water partition coefficient (Wildman–Crippen LogP) is 4.85. The Labute approximate surface area is 175 Å². The maximum Gasteiger partial charge on any atom is 0.231 e. The van der Waals surface area contributed by atoms with E-state index in [9.17, 15) is 9.18 Å². The third-order valence-corrected chi connectivity index (χ3v) is 5.74. The summed E-state index contributed by atoms with van der Waals surface area (Å²) in [5.74, 6) is 0.282. The van der Waals surface area contributed by atoms with Gasteiger partial charge < -0.3 is 9.88 Å². The molecule has 1 heterocycles. The number of benzene rings is 2. The number of carbonyl (C=O) groups excluding carboxylic acids is 1. The second-order valence-electron chi connectivity index (χ2n) is 7.98. The first-order valence-electron chi connectivity index (χ1n) is 9.50. The number of hydrogen-bond acceptors (Lipinski definition) is 3. The Morgan fingerprint density at radius 2 is 1.86 bits per heavy atom. The Morgan fingerprint density at radius 3 is 2.45 bits per heavy atom. The molecule has 152 valence electrons. The molecule has 0 fully saturated rings. The molecule has 1 aromatic heterocycles. The third-order valence-electron chi connectivity index (χ3n) is 4.73. The number of nitrogens with zero attached hydrogens (tertiary/aromatic N) is 2. The van der Waals surface area contributed by atoms with Gasteiger partial charge in [-0.15, -0.1) is 11.8 Å². The second-order valence-corrected chi connectivity index (χ2v) is 9.03. The van der Waals surface area contributed by atoms with Crippen LogP contribution in [-0.4, -0.2) is 21.2 Å². The van der Waals surface area contributed by atoms with E-state index in [1.54, 1.807) is 35.2 Å². The van der Waals surface area contributed by atoms with E-state index in [1.807, 2.05) is 19.2 Å². The van der Waals surface area contributed by atoms with E-state index in [0.717, 1.165) is 4.90 Å². The van der Waals surface area contributed by atoms with E-state index < -0.39 is 6.04 Å². The summed E-state index contributed by atoms with van der Waals surface area (Å²) in [6, 6.07) is 14.1. The first kappa shape index (κ1) is 21.1. The van der Waals surface area contributed by atoms with Gasteiger partial charge in [0.2, 0.25) is 5.91 Å². The highest BCUT2D eigenvalue weighted by Gasteiger charge is 2.23. The van der Waals surface area contributed by atoms with Crippen molar-refractivity contribution in [2.45, 2.75) is 37.1 Å². The molecule has 0 radical (unpaired) electrons. The number of thioether (sulfide) groups is 1. The average molecular weight is 412 g/mol. The second kappa shape index (κ2) is 8.82. The maximum absolute atomic E-state index is 14.4. The van der Waals surface area contributed by atoms with Gasteiger partial charge in [-0.25, -0.2) is 9.37 Å². The Balaban J connectivity index is 1.71. The summed E-state index contributed by atoms with van der Waals surface area (Å²) in [4.78, 5) is 18.0. The zero-order valence-corrected chi connectivity index (χ0v) is 18.0. The normalized spacial score (nSPS) is 12.6. The molecule has 1 amide bonds. The number of aryl methyl sites for hydroxylation is 1. The highest BCUT2D eigenvalue weighted by Crippen LogP contribution is 2.26. The van der Waals surface area contributed by atoms with Crippen molar-refractivity contribution in [3.63, 3.8) is 0 Å². The van der Waals surface area contributed by atoms with Crippen LogP contribution in [0.5, 0.6) is 0 Å². The molecule has 3 aromatic rings. The number of aromatic nitrogens is 2. The Hall–Kier alpha value is -2.60. The Kier molecular flexibility index (Phi) is 6.42. The van der Waals surface area contributed by atoms with Crippen molar-refractivity contribution in [3.8, 4) is 0 Å². The molecule has 1 unspecified atom stereocenters. The van der Waals surface area contributed by atoms with Crippen molar-refractivity contribution < 1.29 is 9.18 Å². The minimum absolute atomic E-state index is 0.0929. The molecule has 4 nitrogen and oxygen atoms in total. The van der Waals surface area contributed by atoms with Gasteiger partial charge in [-0.2, -0.15) is 0 Å². The van der Waals surface area contributed by atoms with E-state index in [-0.39, 0.29) is 22.9 Å². The van der Waals surface area contributed by atoms with Crippen molar-refractivity contribution in [3.05, 3.63) is 83.7 Å². The summed E-state index contributed by atoms with van der Waals surface area (Å²) < 4.78 is 16.2. The molecule has 0 aliphatic carbocycles. The van der Waals surface area contributed by atoms with Crippen LogP contribution in [-0.2, 0) is 17.3 Å². The van der Waals surface area contributed by atoms with Crippen LogP contribution in [0.4, 0.5) is 4.39 Å². The molecule has 1 atom stereocenters. The zero-order valence-electron chi connectivity index (χ0n) is 17.1. The van der Waals surface area contributed by atoms with Crippen molar-refractivity contribution in [1.82, 2.24) is 14.9 Å². The third kappa shape index (κ3) is 5.26. The number of halogens is 1. The quantitative estimate of drug-likeness (QED) is 0.590. The lowest BCUT2D eigenvalue weighted by Crippen LogP contribution is -2.32. The van der Waals surface area contributed by atoms with Crippen LogP contribution in [0.3, 0.4) is 0 Å². The van der Waals surface area contributed by atoms with Crippen LogP contribution in [0.25, 0.3) is 0 Å². The molecular weight excluding hydrogens is 385 g/mol. The molecule has 0 saturated heterocycles. The highest BCUT2D eigenvalue weighted by molar-refractivity contribution is 8.00. The van der Waals surface area contributed by atoms with Gasteiger partial charge in [0.1, 0.15) is 17.7 Å². The van der Waals surface area contributed by atoms with Crippen molar-refractivity contribution in [1.29, 1.82) is 0 Å². The molecular formula is C23H26FN3OS. The van der Waals surface area contributed by atoms with E-state index in [2.05, 4.69) is 43.2 Å². The molecule has 3 rings (SSSR count). The molecule has 2 aromatic carbocycles. The van der Waals surface area contributed by atoms with E-state index in [1.165, 1.54) is 23.4 Å². The Morgan fingerprint density at radius 1 is 1.17 bits per heavy atom. The smallest absolute Gasteiger partial charge is 0.231 e. The molecule has 0 spiro atoms. The van der Waals surface area contributed by atoms with Crippen LogP contribution in [0.2, 0.25) is 0 Å². The zero-order chi connectivity index (χ0) is 21.0. The average Bonchev–Trinajstić information content (AvgIpc) is 3.10.